The van der Waals surface area contributed by atoms with Gasteiger partial charge in [-0.25, -0.2) is 0 Å². The molecule has 0 aliphatic rings. The minimum Gasteiger partial charge on any atom is -0.469 e. The summed E-state index contributed by atoms with van der Waals surface area (Å²) >= 11 is 1.55. The van der Waals surface area contributed by atoms with E-state index in [0.29, 0.717) is 6.54 Å². The van der Waals surface area contributed by atoms with E-state index in [9.17, 15) is 4.79 Å². The highest BCUT2D eigenvalue weighted by Crippen LogP contribution is 2.18. The van der Waals surface area contributed by atoms with E-state index in [1.54, 1.807) is 11.3 Å². The quantitative estimate of drug-likeness (QED) is 0.714. The summed E-state index contributed by atoms with van der Waals surface area (Å²) < 4.78 is 4.61. The van der Waals surface area contributed by atoms with Gasteiger partial charge in [0.05, 0.1) is 13.0 Å². The second-order valence-corrected chi connectivity index (χ2v) is 3.15. The van der Waals surface area contributed by atoms with Crippen LogP contribution in [0, 0.1) is 0 Å². The van der Waals surface area contributed by atoms with Crippen LogP contribution in [0.1, 0.15) is 11.5 Å². The number of carbonyl (C=O) groups is 1. The molecule has 2 N–H and O–H groups in total. The van der Waals surface area contributed by atoms with Gasteiger partial charge >= 0.3 is 5.97 Å². The summed E-state index contributed by atoms with van der Waals surface area (Å²) in [5, 5.41) is 3.83. The average molecular weight is 185 g/mol. The molecule has 1 atom stereocenters. The van der Waals surface area contributed by atoms with Crippen molar-refractivity contribution in [2.45, 2.75) is 5.92 Å². The number of ether oxygens (including phenoxy) is 1. The lowest BCUT2D eigenvalue weighted by Gasteiger charge is -2.09. The van der Waals surface area contributed by atoms with Crippen molar-refractivity contribution in [3.8, 4) is 0 Å². The molecule has 3 nitrogen and oxygen atoms in total. The molecule has 0 bridgehead atoms. The van der Waals surface area contributed by atoms with E-state index < -0.39 is 0 Å². The van der Waals surface area contributed by atoms with Crippen LogP contribution in [0.5, 0.6) is 0 Å². The maximum absolute atomic E-state index is 11.1. The molecule has 0 radical (unpaired) electrons. The standard InChI is InChI=1S/C8H11NO2S/c1-11-8(10)7(4-9)6-2-3-12-5-6/h2-3,5,7H,4,9H2,1H3. The number of rotatable bonds is 3. The molecule has 1 rings (SSSR count). The zero-order chi connectivity index (χ0) is 8.97. The Morgan fingerprint density at radius 1 is 1.83 bits per heavy atom. The molecule has 12 heavy (non-hydrogen) atoms. The minimum atomic E-state index is -0.304. The third-order valence-corrected chi connectivity index (χ3v) is 2.37. The third-order valence-electron chi connectivity index (χ3n) is 1.67. The number of thiophene rings is 1. The number of methoxy groups -OCH3 is 1. The maximum Gasteiger partial charge on any atom is 0.314 e. The Bertz CT molecular complexity index is 246. The van der Waals surface area contributed by atoms with Crippen molar-refractivity contribution in [1.82, 2.24) is 0 Å². The summed E-state index contributed by atoms with van der Waals surface area (Å²) in [6, 6.07) is 1.89. The molecule has 0 saturated carbocycles. The fraction of sp³-hybridized carbons (Fsp3) is 0.375. The highest BCUT2D eigenvalue weighted by molar-refractivity contribution is 7.08. The average Bonchev–Trinajstić information content (AvgIpc) is 2.58. The molecule has 0 aliphatic heterocycles. The summed E-state index contributed by atoms with van der Waals surface area (Å²) in [5.41, 5.74) is 6.38. The van der Waals surface area contributed by atoms with Crippen LogP contribution in [0.2, 0.25) is 0 Å². The van der Waals surface area contributed by atoms with Crippen LogP contribution in [0.4, 0.5) is 0 Å². The monoisotopic (exact) mass is 185 g/mol. The predicted molar refractivity (Wildman–Crippen MR) is 48.1 cm³/mol. The van der Waals surface area contributed by atoms with Gasteiger partial charge in [0.1, 0.15) is 0 Å². The van der Waals surface area contributed by atoms with Gasteiger partial charge in [0, 0.05) is 6.54 Å². The fourth-order valence-electron chi connectivity index (χ4n) is 0.984. The fourth-order valence-corrected chi connectivity index (χ4v) is 1.70. The number of hydrogen-bond acceptors (Lipinski definition) is 4. The molecule has 0 spiro atoms. The van der Waals surface area contributed by atoms with Crippen LogP contribution < -0.4 is 5.73 Å². The second kappa shape index (κ2) is 4.23. The number of carbonyl (C=O) groups excluding carboxylic acids is 1. The summed E-state index contributed by atoms with van der Waals surface area (Å²) in [5.74, 6) is -0.572. The Hall–Kier alpha value is -0.870. The Balaban J connectivity index is 2.76. The van der Waals surface area contributed by atoms with E-state index in [4.69, 9.17) is 5.73 Å². The van der Waals surface area contributed by atoms with Crippen molar-refractivity contribution in [2.75, 3.05) is 13.7 Å². The molecular formula is C8H11NO2S. The molecule has 66 valence electrons. The van der Waals surface area contributed by atoms with Crippen LogP contribution in [0.3, 0.4) is 0 Å². The van der Waals surface area contributed by atoms with Crippen molar-refractivity contribution in [3.63, 3.8) is 0 Å². The van der Waals surface area contributed by atoms with E-state index in [-0.39, 0.29) is 11.9 Å². The summed E-state index contributed by atoms with van der Waals surface area (Å²) in [6.45, 7) is 0.295. The molecule has 1 unspecified atom stereocenters. The SMILES string of the molecule is COC(=O)C(CN)c1ccsc1. The van der Waals surface area contributed by atoms with E-state index in [2.05, 4.69) is 4.74 Å². The highest BCUT2D eigenvalue weighted by atomic mass is 32.1. The van der Waals surface area contributed by atoms with E-state index in [1.165, 1.54) is 7.11 Å². The first-order valence-electron chi connectivity index (χ1n) is 3.59. The molecule has 1 heterocycles. The summed E-state index contributed by atoms with van der Waals surface area (Å²) in [6.07, 6.45) is 0. The molecule has 0 fully saturated rings. The minimum absolute atomic E-state index is 0.268. The third kappa shape index (κ3) is 1.84. The van der Waals surface area contributed by atoms with E-state index >= 15 is 0 Å². The van der Waals surface area contributed by atoms with Crippen LogP contribution in [0.15, 0.2) is 16.8 Å². The molecule has 1 aromatic heterocycles. The molecule has 0 aromatic carbocycles. The van der Waals surface area contributed by atoms with Gasteiger partial charge in [-0.1, -0.05) is 0 Å². The lowest BCUT2D eigenvalue weighted by Crippen LogP contribution is -2.22. The van der Waals surface area contributed by atoms with Gasteiger partial charge in [0.2, 0.25) is 0 Å². The summed E-state index contributed by atoms with van der Waals surface area (Å²) in [4.78, 5) is 11.1. The van der Waals surface area contributed by atoms with E-state index in [0.717, 1.165) is 5.56 Å². The molecule has 0 amide bonds. The van der Waals surface area contributed by atoms with Crippen LogP contribution in [-0.4, -0.2) is 19.6 Å². The van der Waals surface area contributed by atoms with Crippen LogP contribution in [0.25, 0.3) is 0 Å². The Labute approximate surface area is 75.1 Å². The van der Waals surface area contributed by atoms with Gasteiger partial charge < -0.3 is 10.5 Å². The largest absolute Gasteiger partial charge is 0.469 e. The first-order valence-corrected chi connectivity index (χ1v) is 4.54. The first kappa shape index (κ1) is 9.22. The normalized spacial score (nSPS) is 12.5. The van der Waals surface area contributed by atoms with Crippen LogP contribution in [-0.2, 0) is 9.53 Å². The number of hydrogen-bond donors (Lipinski definition) is 1. The second-order valence-electron chi connectivity index (χ2n) is 2.37. The smallest absolute Gasteiger partial charge is 0.314 e. The molecular weight excluding hydrogens is 174 g/mol. The van der Waals surface area contributed by atoms with Gasteiger partial charge in [0.15, 0.2) is 0 Å². The van der Waals surface area contributed by atoms with Crippen molar-refractivity contribution < 1.29 is 9.53 Å². The van der Waals surface area contributed by atoms with Crippen molar-refractivity contribution in [2.24, 2.45) is 5.73 Å². The zero-order valence-corrected chi connectivity index (χ0v) is 7.64. The van der Waals surface area contributed by atoms with Crippen molar-refractivity contribution >= 4 is 17.3 Å². The maximum atomic E-state index is 11.1. The topological polar surface area (TPSA) is 52.3 Å². The van der Waals surface area contributed by atoms with Gasteiger partial charge in [0.25, 0.3) is 0 Å². The molecule has 1 aromatic rings. The van der Waals surface area contributed by atoms with Crippen LogP contribution >= 0.6 is 11.3 Å². The molecule has 0 saturated heterocycles. The predicted octanol–water partition coefficient (Wildman–Crippen LogP) is 0.963. The Morgan fingerprint density at radius 2 is 2.58 bits per heavy atom. The number of nitrogens with two attached hydrogens (primary N) is 1. The molecule has 4 heteroatoms. The van der Waals surface area contributed by atoms with Crippen molar-refractivity contribution in [1.29, 1.82) is 0 Å². The highest BCUT2D eigenvalue weighted by Gasteiger charge is 2.19. The number of esters is 1. The van der Waals surface area contributed by atoms with Crippen molar-refractivity contribution in [3.05, 3.63) is 22.4 Å². The summed E-state index contributed by atoms with van der Waals surface area (Å²) in [7, 11) is 1.37. The zero-order valence-electron chi connectivity index (χ0n) is 6.82. The molecule has 0 aliphatic carbocycles. The van der Waals surface area contributed by atoms with Gasteiger partial charge in [-0.3, -0.25) is 4.79 Å². The Morgan fingerprint density at radius 3 is 3.00 bits per heavy atom. The first-order chi connectivity index (χ1) is 5.79. The lowest BCUT2D eigenvalue weighted by molar-refractivity contribution is -0.142. The van der Waals surface area contributed by atoms with Gasteiger partial charge in [-0.2, -0.15) is 11.3 Å². The van der Waals surface area contributed by atoms with Gasteiger partial charge in [-0.15, -0.1) is 0 Å². The lowest BCUT2D eigenvalue weighted by atomic mass is 10.0. The van der Waals surface area contributed by atoms with Gasteiger partial charge in [-0.05, 0) is 22.4 Å². The Kier molecular flexibility index (Phi) is 3.25. The van der Waals surface area contributed by atoms with E-state index in [1.807, 2.05) is 16.8 Å².